The summed E-state index contributed by atoms with van der Waals surface area (Å²) in [6.07, 6.45) is -4.52. The Kier molecular flexibility index (Phi) is 6.96. The van der Waals surface area contributed by atoms with Crippen molar-refractivity contribution in [2.75, 3.05) is 38.1 Å². The predicted octanol–water partition coefficient (Wildman–Crippen LogP) is 3.81. The topological polar surface area (TPSA) is 61.9 Å². The molecular weight excluding hydrogens is 423 g/mol. The molecule has 0 aromatic heterocycles. The second-order valence-electron chi connectivity index (χ2n) is 7.78. The summed E-state index contributed by atoms with van der Waals surface area (Å²) in [6.45, 7) is 5.45. The number of benzene rings is 2. The highest BCUT2D eigenvalue weighted by molar-refractivity contribution is 6.01. The largest absolute Gasteiger partial charge is 0.490 e. The Balaban J connectivity index is 1.74. The van der Waals surface area contributed by atoms with E-state index in [-0.39, 0.29) is 17.9 Å². The fourth-order valence-corrected chi connectivity index (χ4v) is 3.54. The highest BCUT2D eigenvalue weighted by Crippen LogP contribution is 2.31. The number of hydrogen-bond donors (Lipinski definition) is 1. The average molecular weight is 449 g/mol. The number of piperazine rings is 1. The number of alkyl halides is 3. The first-order valence-corrected chi connectivity index (χ1v) is 10.3. The van der Waals surface area contributed by atoms with E-state index < -0.39 is 11.7 Å². The van der Waals surface area contributed by atoms with Crippen LogP contribution in [-0.4, -0.2) is 56.0 Å². The van der Waals surface area contributed by atoms with Crippen LogP contribution in [0, 0.1) is 0 Å². The summed E-state index contributed by atoms with van der Waals surface area (Å²) in [6, 6.07) is 9.77. The van der Waals surface area contributed by atoms with Crippen molar-refractivity contribution < 1.29 is 27.5 Å². The van der Waals surface area contributed by atoms with Crippen LogP contribution in [0.25, 0.3) is 0 Å². The number of carbonyl (C=O) groups is 2. The maximum absolute atomic E-state index is 13.2. The van der Waals surface area contributed by atoms with Gasteiger partial charge in [-0.05, 0) is 56.3 Å². The van der Waals surface area contributed by atoms with Gasteiger partial charge in [-0.1, -0.05) is 0 Å². The van der Waals surface area contributed by atoms with Gasteiger partial charge in [0.2, 0.25) is 0 Å². The minimum absolute atomic E-state index is 0.149. The second-order valence-corrected chi connectivity index (χ2v) is 7.78. The van der Waals surface area contributed by atoms with E-state index in [1.165, 1.54) is 25.2 Å². The maximum Gasteiger partial charge on any atom is 0.416 e. The molecule has 1 saturated heterocycles. The molecule has 0 radical (unpaired) electrons. The Morgan fingerprint density at radius 3 is 2.16 bits per heavy atom. The van der Waals surface area contributed by atoms with Crippen molar-refractivity contribution in [1.82, 2.24) is 10.2 Å². The van der Waals surface area contributed by atoms with Crippen LogP contribution in [0.4, 0.5) is 18.9 Å². The maximum atomic E-state index is 13.2. The van der Waals surface area contributed by atoms with Crippen LogP contribution in [0.2, 0.25) is 0 Å². The third-order valence-electron chi connectivity index (χ3n) is 5.19. The number of nitrogens with zero attached hydrogens (tertiary/aromatic N) is 2. The standard InChI is InChI=1S/C23H26F3N3O3/c1-15(2)32-20-9-4-16(21(30)27-3)14-19(20)22(31)29-12-10-28(11-13-29)18-7-5-17(6-8-18)23(24,25)26/h4-9,14-15H,10-13H2,1-3H3,(H,27,30). The molecule has 2 aromatic rings. The Morgan fingerprint density at radius 2 is 1.62 bits per heavy atom. The fraction of sp³-hybridized carbons (Fsp3) is 0.391. The quantitative estimate of drug-likeness (QED) is 0.754. The molecule has 2 aromatic carbocycles. The number of rotatable bonds is 5. The monoisotopic (exact) mass is 449 g/mol. The van der Waals surface area contributed by atoms with E-state index in [2.05, 4.69) is 5.32 Å². The summed E-state index contributed by atoms with van der Waals surface area (Å²) in [5, 5.41) is 2.54. The lowest BCUT2D eigenvalue weighted by Crippen LogP contribution is -2.49. The Hall–Kier alpha value is -3.23. The van der Waals surface area contributed by atoms with Gasteiger partial charge in [0.1, 0.15) is 5.75 Å². The second kappa shape index (κ2) is 9.50. The summed E-state index contributed by atoms with van der Waals surface area (Å²) in [7, 11) is 1.52. The minimum atomic E-state index is -4.37. The molecule has 1 aliphatic heterocycles. The van der Waals surface area contributed by atoms with E-state index in [1.54, 1.807) is 17.0 Å². The molecule has 0 bridgehead atoms. The number of anilines is 1. The summed E-state index contributed by atoms with van der Waals surface area (Å²) in [5.41, 5.74) is 0.650. The molecule has 1 aliphatic rings. The first-order valence-electron chi connectivity index (χ1n) is 10.3. The zero-order chi connectivity index (χ0) is 23.5. The average Bonchev–Trinajstić information content (AvgIpc) is 2.77. The molecule has 0 spiro atoms. The van der Waals surface area contributed by atoms with Crippen LogP contribution in [0.3, 0.4) is 0 Å². The molecule has 1 fully saturated rings. The first-order chi connectivity index (χ1) is 15.1. The van der Waals surface area contributed by atoms with Crippen LogP contribution in [0.1, 0.15) is 40.1 Å². The fourth-order valence-electron chi connectivity index (χ4n) is 3.54. The van der Waals surface area contributed by atoms with Crippen LogP contribution >= 0.6 is 0 Å². The van der Waals surface area contributed by atoms with E-state index in [0.717, 1.165) is 12.1 Å². The van der Waals surface area contributed by atoms with Gasteiger partial charge in [-0.25, -0.2) is 0 Å². The SMILES string of the molecule is CNC(=O)c1ccc(OC(C)C)c(C(=O)N2CCN(c3ccc(C(F)(F)F)cc3)CC2)c1. The van der Waals surface area contributed by atoms with Gasteiger partial charge in [0, 0.05) is 44.5 Å². The van der Waals surface area contributed by atoms with Crippen molar-refractivity contribution in [1.29, 1.82) is 0 Å². The van der Waals surface area contributed by atoms with E-state index in [4.69, 9.17) is 4.74 Å². The van der Waals surface area contributed by atoms with Crippen molar-refractivity contribution in [3.63, 3.8) is 0 Å². The lowest BCUT2D eigenvalue weighted by Gasteiger charge is -2.36. The smallest absolute Gasteiger partial charge is 0.416 e. The Bertz CT molecular complexity index is 967. The summed E-state index contributed by atoms with van der Waals surface area (Å²) in [5.74, 6) is -0.149. The van der Waals surface area contributed by atoms with Gasteiger partial charge >= 0.3 is 6.18 Å². The number of carbonyl (C=O) groups excluding carboxylic acids is 2. The van der Waals surface area contributed by atoms with Crippen molar-refractivity contribution in [2.24, 2.45) is 0 Å². The first kappa shape index (κ1) is 23.4. The molecule has 2 amide bonds. The van der Waals surface area contributed by atoms with Crippen LogP contribution < -0.4 is 15.0 Å². The van der Waals surface area contributed by atoms with Gasteiger partial charge in [-0.15, -0.1) is 0 Å². The van der Waals surface area contributed by atoms with Gasteiger partial charge in [-0.2, -0.15) is 13.2 Å². The third-order valence-corrected chi connectivity index (χ3v) is 5.19. The molecular formula is C23H26F3N3O3. The highest BCUT2D eigenvalue weighted by Gasteiger charge is 2.31. The summed E-state index contributed by atoms with van der Waals surface area (Å²) >= 11 is 0. The zero-order valence-corrected chi connectivity index (χ0v) is 18.2. The Labute approximate surface area is 184 Å². The van der Waals surface area contributed by atoms with Crippen molar-refractivity contribution in [3.05, 3.63) is 59.2 Å². The Morgan fingerprint density at radius 1 is 1.00 bits per heavy atom. The molecule has 0 atom stereocenters. The van der Waals surface area contributed by atoms with Gasteiger partial charge in [0.15, 0.2) is 0 Å². The molecule has 172 valence electrons. The van der Waals surface area contributed by atoms with Crippen LogP contribution in [0.15, 0.2) is 42.5 Å². The minimum Gasteiger partial charge on any atom is -0.490 e. The molecule has 9 heteroatoms. The van der Waals surface area contributed by atoms with Crippen molar-refractivity contribution >= 4 is 17.5 Å². The number of amides is 2. The number of nitrogens with one attached hydrogen (secondary N) is 1. The molecule has 1 N–H and O–H groups in total. The number of hydrogen-bond acceptors (Lipinski definition) is 4. The van der Waals surface area contributed by atoms with Gasteiger partial charge in [-0.3, -0.25) is 9.59 Å². The van der Waals surface area contributed by atoms with Gasteiger partial charge in [0.25, 0.3) is 11.8 Å². The van der Waals surface area contributed by atoms with E-state index in [1.807, 2.05) is 18.7 Å². The lowest BCUT2D eigenvalue weighted by molar-refractivity contribution is -0.137. The van der Waals surface area contributed by atoms with Gasteiger partial charge < -0.3 is 19.9 Å². The summed E-state index contributed by atoms with van der Waals surface area (Å²) < 4.78 is 44.1. The molecule has 3 rings (SSSR count). The summed E-state index contributed by atoms with van der Waals surface area (Å²) in [4.78, 5) is 28.9. The van der Waals surface area contributed by atoms with Gasteiger partial charge in [0.05, 0.1) is 17.2 Å². The van der Waals surface area contributed by atoms with E-state index in [0.29, 0.717) is 48.7 Å². The molecule has 32 heavy (non-hydrogen) atoms. The molecule has 0 unspecified atom stereocenters. The number of halogens is 3. The van der Waals surface area contributed by atoms with Crippen molar-refractivity contribution in [3.8, 4) is 5.75 Å². The van der Waals surface area contributed by atoms with Crippen molar-refractivity contribution in [2.45, 2.75) is 26.1 Å². The van der Waals surface area contributed by atoms with E-state index >= 15 is 0 Å². The number of ether oxygens (including phenoxy) is 1. The third kappa shape index (κ3) is 5.33. The molecule has 0 saturated carbocycles. The van der Waals surface area contributed by atoms with Crippen LogP contribution in [-0.2, 0) is 6.18 Å². The molecule has 0 aliphatic carbocycles. The predicted molar refractivity (Wildman–Crippen MR) is 115 cm³/mol. The highest BCUT2D eigenvalue weighted by atomic mass is 19.4. The van der Waals surface area contributed by atoms with Crippen LogP contribution in [0.5, 0.6) is 5.75 Å². The lowest BCUT2D eigenvalue weighted by atomic mass is 10.1. The zero-order valence-electron chi connectivity index (χ0n) is 18.2. The molecule has 1 heterocycles. The van der Waals surface area contributed by atoms with E-state index in [9.17, 15) is 22.8 Å². The molecule has 6 nitrogen and oxygen atoms in total. The normalized spacial score (nSPS) is 14.5.